The lowest BCUT2D eigenvalue weighted by molar-refractivity contribution is -0.137. The SMILES string of the molecule is Cc1c(F)c(N)cc(-c2nc3c4c(nc(OC[C@@H]5C[C@@H]6CN5CCO6)nc4c2F)N2CCNC[C@H]2[C@H](C)O3)c1C(F)(F)F. The molecule has 2 bridgehead atoms. The zero-order valence-corrected chi connectivity index (χ0v) is 23.5. The highest BCUT2D eigenvalue weighted by Crippen LogP contribution is 2.46. The zero-order valence-electron chi connectivity index (χ0n) is 23.5. The van der Waals surface area contributed by atoms with E-state index in [1.807, 2.05) is 4.90 Å². The molecule has 3 fully saturated rings. The van der Waals surface area contributed by atoms with Crippen molar-refractivity contribution in [3.8, 4) is 23.1 Å². The number of morpholine rings is 1. The number of rotatable bonds is 4. The van der Waals surface area contributed by atoms with Crippen LogP contribution in [-0.4, -0.2) is 90.1 Å². The lowest BCUT2D eigenvalue weighted by Crippen LogP contribution is -2.56. The molecule has 7 rings (SSSR count). The minimum atomic E-state index is -5.03. The van der Waals surface area contributed by atoms with Gasteiger partial charge in [-0.25, -0.2) is 13.8 Å². The van der Waals surface area contributed by atoms with E-state index in [2.05, 4.69) is 25.2 Å². The highest BCUT2D eigenvalue weighted by Gasteiger charge is 2.42. The van der Waals surface area contributed by atoms with E-state index in [1.165, 1.54) is 0 Å². The predicted octanol–water partition coefficient (Wildman–Crippen LogP) is 3.29. The van der Waals surface area contributed by atoms with Gasteiger partial charge in [0, 0.05) is 44.3 Å². The molecule has 4 aliphatic heterocycles. The number of fused-ring (bicyclic) bond motifs is 4. The summed E-state index contributed by atoms with van der Waals surface area (Å²) in [7, 11) is 0. The Morgan fingerprint density at radius 2 is 1.98 bits per heavy atom. The van der Waals surface area contributed by atoms with Gasteiger partial charge in [0.25, 0.3) is 0 Å². The topological polar surface area (TPSA) is 111 Å². The van der Waals surface area contributed by atoms with E-state index >= 15 is 4.39 Å². The van der Waals surface area contributed by atoms with Crippen molar-refractivity contribution < 1.29 is 36.2 Å². The number of hydrogen-bond acceptors (Lipinski definition) is 10. The van der Waals surface area contributed by atoms with E-state index in [-0.39, 0.29) is 47.6 Å². The summed E-state index contributed by atoms with van der Waals surface area (Å²) in [5.41, 5.74) is 1.28. The van der Waals surface area contributed by atoms with Crippen molar-refractivity contribution in [1.29, 1.82) is 0 Å². The van der Waals surface area contributed by atoms with E-state index in [0.717, 1.165) is 32.5 Å². The molecule has 2 aromatic heterocycles. The summed E-state index contributed by atoms with van der Waals surface area (Å²) in [5.74, 6) is -2.19. The third kappa shape index (κ3) is 4.68. The molecule has 3 saturated heterocycles. The fourth-order valence-corrected chi connectivity index (χ4v) is 6.69. The molecule has 230 valence electrons. The number of piperazine rings is 1. The van der Waals surface area contributed by atoms with E-state index in [0.29, 0.717) is 32.1 Å². The number of nitrogens with zero attached hydrogens (tertiary/aromatic N) is 5. The van der Waals surface area contributed by atoms with Crippen LogP contribution in [0.4, 0.5) is 33.5 Å². The standard InChI is InChI=1S/C28H30F5N7O3/c1-12-20(28(31,32)33)16(8-17(34)21(12)29)23-22(30)24-19-25(40-4-3-35-9-18(40)13(2)43-26(19)36-23)38-27(37-24)42-11-14-7-15-10-39(14)5-6-41-15/h8,13-15,18,35H,3-7,9-11,34H2,1-2H3/t13-,14-,15+,18-/m0/s1. The van der Waals surface area contributed by atoms with Crippen molar-refractivity contribution in [1.82, 2.24) is 25.2 Å². The summed E-state index contributed by atoms with van der Waals surface area (Å²) >= 11 is 0. The number of hydrogen-bond donors (Lipinski definition) is 2. The van der Waals surface area contributed by atoms with E-state index in [4.69, 9.17) is 19.9 Å². The molecule has 4 aliphatic rings. The van der Waals surface area contributed by atoms with Gasteiger partial charge < -0.3 is 30.2 Å². The normalized spacial score (nSPS) is 26.7. The summed E-state index contributed by atoms with van der Waals surface area (Å²) in [6.45, 7) is 6.82. The van der Waals surface area contributed by atoms with Crippen LogP contribution in [0.1, 0.15) is 24.5 Å². The van der Waals surface area contributed by atoms with Crippen molar-refractivity contribution >= 4 is 22.4 Å². The van der Waals surface area contributed by atoms with Crippen molar-refractivity contribution in [2.75, 3.05) is 56.6 Å². The molecule has 0 saturated carbocycles. The monoisotopic (exact) mass is 607 g/mol. The summed E-state index contributed by atoms with van der Waals surface area (Å²) in [6, 6.07) is 0.434. The number of nitrogens with two attached hydrogens (primary N) is 1. The number of ether oxygens (including phenoxy) is 3. The van der Waals surface area contributed by atoms with Crippen molar-refractivity contribution in [3.63, 3.8) is 0 Å². The van der Waals surface area contributed by atoms with Crippen molar-refractivity contribution in [3.05, 3.63) is 28.8 Å². The Labute approximate surface area is 243 Å². The second kappa shape index (κ2) is 10.3. The number of nitrogens with one attached hydrogen (secondary N) is 1. The molecule has 6 heterocycles. The number of alkyl halides is 3. The van der Waals surface area contributed by atoms with Gasteiger partial charge in [0.1, 0.15) is 40.9 Å². The minimum absolute atomic E-state index is 0.0501. The first-order chi connectivity index (χ1) is 20.5. The molecule has 1 unspecified atom stereocenters. The first-order valence-corrected chi connectivity index (χ1v) is 14.2. The van der Waals surface area contributed by atoms with Crippen LogP contribution >= 0.6 is 0 Å². The van der Waals surface area contributed by atoms with Crippen LogP contribution in [0.5, 0.6) is 11.9 Å². The highest BCUT2D eigenvalue weighted by molar-refractivity contribution is 5.97. The lowest BCUT2D eigenvalue weighted by atomic mass is 9.96. The lowest BCUT2D eigenvalue weighted by Gasteiger charge is -2.38. The van der Waals surface area contributed by atoms with Gasteiger partial charge in [0.2, 0.25) is 5.88 Å². The summed E-state index contributed by atoms with van der Waals surface area (Å²) < 4.78 is 91.9. The van der Waals surface area contributed by atoms with Crippen LogP contribution in [0.15, 0.2) is 6.07 Å². The third-order valence-electron chi connectivity index (χ3n) is 8.80. The maximum atomic E-state index is 16.5. The number of anilines is 2. The van der Waals surface area contributed by atoms with E-state index in [9.17, 15) is 17.6 Å². The molecule has 0 spiro atoms. The Balaban J connectivity index is 1.41. The predicted molar refractivity (Wildman–Crippen MR) is 146 cm³/mol. The Morgan fingerprint density at radius 1 is 1.16 bits per heavy atom. The second-order valence-corrected chi connectivity index (χ2v) is 11.4. The van der Waals surface area contributed by atoms with Crippen LogP contribution in [0.25, 0.3) is 22.2 Å². The molecule has 3 N–H and O–H groups in total. The van der Waals surface area contributed by atoms with Crippen molar-refractivity contribution in [2.45, 2.75) is 50.7 Å². The van der Waals surface area contributed by atoms with Crippen LogP contribution in [0, 0.1) is 18.6 Å². The van der Waals surface area contributed by atoms with Gasteiger partial charge in [-0.1, -0.05) is 0 Å². The van der Waals surface area contributed by atoms with Crippen LogP contribution in [0.2, 0.25) is 0 Å². The average Bonchev–Trinajstić information content (AvgIpc) is 3.19. The smallest absolute Gasteiger partial charge is 0.417 e. The van der Waals surface area contributed by atoms with Gasteiger partial charge in [0.15, 0.2) is 5.82 Å². The molecule has 43 heavy (non-hydrogen) atoms. The molecule has 0 amide bonds. The van der Waals surface area contributed by atoms with Gasteiger partial charge in [-0.05, 0) is 31.9 Å². The maximum Gasteiger partial charge on any atom is 0.417 e. The molecule has 3 aromatic rings. The molecule has 1 aromatic carbocycles. The molecule has 10 nitrogen and oxygen atoms in total. The Kier molecular flexibility index (Phi) is 6.74. The van der Waals surface area contributed by atoms with Crippen molar-refractivity contribution in [2.24, 2.45) is 0 Å². The minimum Gasteiger partial charge on any atom is -0.472 e. The number of aromatic nitrogens is 3. The molecular formula is C28H30F5N7O3. The summed E-state index contributed by atoms with van der Waals surface area (Å²) in [5, 5.41) is 3.43. The molecule has 0 aliphatic carbocycles. The van der Waals surface area contributed by atoms with Gasteiger partial charge in [-0.15, -0.1) is 0 Å². The first kappa shape index (κ1) is 28.2. The Hall–Kier alpha value is -3.56. The Morgan fingerprint density at radius 3 is 2.74 bits per heavy atom. The fraction of sp³-hybridized carbons (Fsp3) is 0.536. The molecule has 5 atom stereocenters. The Bertz CT molecular complexity index is 1610. The largest absolute Gasteiger partial charge is 0.472 e. The van der Waals surface area contributed by atoms with Crippen LogP contribution < -0.4 is 25.4 Å². The molecule has 15 heteroatoms. The second-order valence-electron chi connectivity index (χ2n) is 11.4. The maximum absolute atomic E-state index is 16.5. The van der Waals surface area contributed by atoms with Gasteiger partial charge in [-0.3, -0.25) is 4.90 Å². The number of benzene rings is 1. The van der Waals surface area contributed by atoms with Gasteiger partial charge in [0.05, 0.1) is 30.0 Å². The summed E-state index contributed by atoms with van der Waals surface area (Å²) in [4.78, 5) is 17.5. The highest BCUT2D eigenvalue weighted by atomic mass is 19.4. The van der Waals surface area contributed by atoms with E-state index in [1.54, 1.807) is 6.92 Å². The first-order valence-electron chi connectivity index (χ1n) is 14.2. The number of nitrogen functional groups attached to an aromatic ring is 1. The summed E-state index contributed by atoms with van der Waals surface area (Å²) in [6.07, 6.45) is -4.65. The molecular weight excluding hydrogens is 577 g/mol. The van der Waals surface area contributed by atoms with Crippen LogP contribution in [-0.2, 0) is 10.9 Å². The van der Waals surface area contributed by atoms with Gasteiger partial charge in [-0.2, -0.15) is 23.1 Å². The number of halogens is 5. The van der Waals surface area contributed by atoms with E-state index < -0.39 is 52.0 Å². The third-order valence-corrected chi connectivity index (χ3v) is 8.80. The molecule has 0 radical (unpaired) electrons. The number of pyridine rings is 1. The average molecular weight is 608 g/mol. The zero-order chi connectivity index (χ0) is 30.2. The van der Waals surface area contributed by atoms with Gasteiger partial charge >= 0.3 is 12.2 Å². The quantitative estimate of drug-likeness (QED) is 0.339. The van der Waals surface area contributed by atoms with Crippen LogP contribution in [0.3, 0.4) is 0 Å². The fourth-order valence-electron chi connectivity index (χ4n) is 6.69.